The van der Waals surface area contributed by atoms with Crippen molar-refractivity contribution < 1.29 is 27.6 Å². The van der Waals surface area contributed by atoms with Crippen LogP contribution in [0.15, 0.2) is 108 Å². The van der Waals surface area contributed by atoms with E-state index in [0.717, 1.165) is 35.5 Å². The molecule has 0 aromatic heterocycles. The zero-order chi connectivity index (χ0) is 31.9. The number of hydrogen-bond acceptors (Lipinski definition) is 4. The summed E-state index contributed by atoms with van der Waals surface area (Å²) in [7, 11) is 0. The number of benzene rings is 4. The van der Waals surface area contributed by atoms with Gasteiger partial charge in [0.1, 0.15) is 5.70 Å². The summed E-state index contributed by atoms with van der Waals surface area (Å²) < 4.78 is 39.3. The summed E-state index contributed by atoms with van der Waals surface area (Å²) in [5.41, 5.74) is 1.47. The van der Waals surface area contributed by atoms with E-state index < -0.39 is 34.7 Å². The van der Waals surface area contributed by atoms with Crippen molar-refractivity contribution in [1.82, 2.24) is 5.32 Å². The predicted octanol–water partition coefficient (Wildman–Crippen LogP) is 8.20. The zero-order valence-corrected chi connectivity index (χ0v) is 25.1. The zero-order valence-electron chi connectivity index (χ0n) is 23.5. The SMILES string of the molecule is Cc1ccc(/C=C(\NC(=O)c2ccccc2)C(=O)Nc2cccc(SC(C)C(=O)Nc3cc(C(F)(F)F)ccc3Cl)c2)cc1. The Kier molecular flexibility index (Phi) is 10.5. The number of nitrogens with one attached hydrogen (secondary N) is 3. The first kappa shape index (κ1) is 32.4. The number of carbonyl (C=O) groups excluding carboxylic acids is 3. The average Bonchev–Trinajstić information content (AvgIpc) is 2.99. The van der Waals surface area contributed by atoms with Gasteiger partial charge in [-0.1, -0.05) is 65.7 Å². The van der Waals surface area contributed by atoms with Gasteiger partial charge >= 0.3 is 6.18 Å². The van der Waals surface area contributed by atoms with Crippen LogP contribution in [0.5, 0.6) is 0 Å². The van der Waals surface area contributed by atoms with E-state index in [2.05, 4.69) is 16.0 Å². The summed E-state index contributed by atoms with van der Waals surface area (Å²) in [6, 6.07) is 25.3. The number of anilines is 2. The summed E-state index contributed by atoms with van der Waals surface area (Å²) in [5.74, 6) is -1.58. The van der Waals surface area contributed by atoms with E-state index >= 15 is 0 Å². The van der Waals surface area contributed by atoms with Crippen LogP contribution < -0.4 is 16.0 Å². The lowest BCUT2D eigenvalue weighted by Crippen LogP contribution is -2.30. The molecule has 4 aromatic carbocycles. The number of alkyl halides is 3. The molecule has 226 valence electrons. The van der Waals surface area contributed by atoms with Gasteiger partial charge in [0, 0.05) is 16.1 Å². The molecule has 1 unspecified atom stereocenters. The predicted molar refractivity (Wildman–Crippen MR) is 169 cm³/mol. The van der Waals surface area contributed by atoms with E-state index in [1.165, 1.54) is 0 Å². The number of carbonyl (C=O) groups is 3. The van der Waals surface area contributed by atoms with E-state index in [0.29, 0.717) is 21.7 Å². The van der Waals surface area contributed by atoms with Crippen LogP contribution in [0, 0.1) is 6.92 Å². The maximum absolute atomic E-state index is 13.4. The third kappa shape index (κ3) is 8.98. The molecular formula is C33H27ClF3N3O3S. The van der Waals surface area contributed by atoms with Crippen molar-refractivity contribution >= 4 is 58.5 Å². The second kappa shape index (κ2) is 14.3. The number of hydrogen-bond donors (Lipinski definition) is 3. The van der Waals surface area contributed by atoms with Crippen LogP contribution in [0.3, 0.4) is 0 Å². The first-order valence-corrected chi connectivity index (χ1v) is 14.6. The fraction of sp³-hybridized carbons (Fsp3) is 0.121. The van der Waals surface area contributed by atoms with Crippen LogP contribution in [0.4, 0.5) is 24.5 Å². The molecule has 1 atom stereocenters. The van der Waals surface area contributed by atoms with Crippen LogP contribution in [0.25, 0.3) is 6.08 Å². The van der Waals surface area contributed by atoms with E-state index in [9.17, 15) is 27.6 Å². The molecule has 0 aliphatic heterocycles. The monoisotopic (exact) mass is 637 g/mol. The molecule has 0 bridgehead atoms. The molecule has 0 fully saturated rings. The molecule has 4 aromatic rings. The molecule has 0 aliphatic rings. The van der Waals surface area contributed by atoms with Gasteiger partial charge in [0.15, 0.2) is 0 Å². The third-order valence-corrected chi connectivity index (χ3v) is 7.67. The molecule has 11 heteroatoms. The second-order valence-electron chi connectivity index (χ2n) is 9.71. The molecule has 44 heavy (non-hydrogen) atoms. The van der Waals surface area contributed by atoms with Crippen molar-refractivity contribution in [3.8, 4) is 0 Å². The van der Waals surface area contributed by atoms with Crippen molar-refractivity contribution in [3.05, 3.63) is 130 Å². The number of thioether (sulfide) groups is 1. The Morgan fingerprint density at radius 1 is 0.864 bits per heavy atom. The highest BCUT2D eigenvalue weighted by Gasteiger charge is 2.31. The van der Waals surface area contributed by atoms with Crippen molar-refractivity contribution in [2.45, 2.75) is 30.2 Å². The van der Waals surface area contributed by atoms with Gasteiger partial charge in [0.05, 0.1) is 21.5 Å². The van der Waals surface area contributed by atoms with Gasteiger partial charge < -0.3 is 16.0 Å². The summed E-state index contributed by atoms with van der Waals surface area (Å²) in [6.07, 6.45) is -3.02. The van der Waals surface area contributed by atoms with Crippen molar-refractivity contribution in [2.24, 2.45) is 0 Å². The first-order valence-electron chi connectivity index (χ1n) is 13.3. The van der Waals surface area contributed by atoms with Crippen LogP contribution in [0.2, 0.25) is 5.02 Å². The number of aryl methyl sites for hydroxylation is 1. The van der Waals surface area contributed by atoms with Gasteiger partial charge in [-0.15, -0.1) is 11.8 Å². The van der Waals surface area contributed by atoms with Crippen LogP contribution >= 0.6 is 23.4 Å². The van der Waals surface area contributed by atoms with Gasteiger partial charge in [0.2, 0.25) is 5.91 Å². The second-order valence-corrected chi connectivity index (χ2v) is 11.5. The fourth-order valence-corrected chi connectivity index (χ4v) is 5.00. The van der Waals surface area contributed by atoms with Gasteiger partial charge in [-0.05, 0) is 74.0 Å². The molecule has 0 saturated heterocycles. The van der Waals surface area contributed by atoms with E-state index in [1.54, 1.807) is 67.6 Å². The molecule has 3 N–H and O–H groups in total. The quantitative estimate of drug-likeness (QED) is 0.128. The van der Waals surface area contributed by atoms with Crippen molar-refractivity contribution in [1.29, 1.82) is 0 Å². The molecule has 0 spiro atoms. The molecule has 3 amide bonds. The minimum Gasteiger partial charge on any atom is -0.324 e. The van der Waals surface area contributed by atoms with Gasteiger partial charge in [-0.2, -0.15) is 13.2 Å². The van der Waals surface area contributed by atoms with Crippen molar-refractivity contribution in [3.63, 3.8) is 0 Å². The maximum atomic E-state index is 13.4. The molecule has 0 saturated carbocycles. The van der Waals surface area contributed by atoms with E-state index in [4.69, 9.17) is 11.6 Å². The minimum absolute atomic E-state index is 0.0199. The molecule has 6 nitrogen and oxygen atoms in total. The standard InChI is InChI=1S/C33H27ClF3N3O3S/c1-20-11-13-22(14-12-20)17-29(40-31(42)23-7-4-3-5-8-23)32(43)38-25-9-6-10-26(19-25)44-21(2)30(41)39-28-18-24(33(35,36)37)15-16-27(28)34/h3-19,21H,1-2H3,(H,38,43)(H,39,41)(H,40,42)/b29-17-. The highest BCUT2D eigenvalue weighted by atomic mass is 35.5. The first-order chi connectivity index (χ1) is 20.9. The minimum atomic E-state index is -4.59. The lowest BCUT2D eigenvalue weighted by atomic mass is 10.1. The lowest BCUT2D eigenvalue weighted by Gasteiger charge is -2.15. The fourth-order valence-electron chi connectivity index (χ4n) is 3.91. The van der Waals surface area contributed by atoms with Crippen LogP contribution in [-0.2, 0) is 15.8 Å². The summed E-state index contributed by atoms with van der Waals surface area (Å²) >= 11 is 7.15. The maximum Gasteiger partial charge on any atom is 0.416 e. The van der Waals surface area contributed by atoms with Crippen LogP contribution in [-0.4, -0.2) is 23.0 Å². The average molecular weight is 638 g/mol. The number of amides is 3. The third-order valence-electron chi connectivity index (χ3n) is 6.24. The summed E-state index contributed by atoms with van der Waals surface area (Å²) in [4.78, 5) is 39.7. The summed E-state index contributed by atoms with van der Waals surface area (Å²) in [6.45, 7) is 3.53. The normalized spacial score (nSPS) is 12.3. The Labute approximate surface area is 261 Å². The Bertz CT molecular complexity index is 1690. The highest BCUT2D eigenvalue weighted by Crippen LogP contribution is 2.34. The number of rotatable bonds is 9. The van der Waals surface area contributed by atoms with Gasteiger partial charge in [-0.3, -0.25) is 14.4 Å². The Balaban J connectivity index is 1.47. The summed E-state index contributed by atoms with van der Waals surface area (Å²) in [5, 5.41) is 7.17. The smallest absolute Gasteiger partial charge is 0.324 e. The van der Waals surface area contributed by atoms with Gasteiger partial charge in [0.25, 0.3) is 11.8 Å². The Morgan fingerprint density at radius 2 is 1.57 bits per heavy atom. The molecule has 0 radical (unpaired) electrons. The Hall–Kier alpha value is -4.54. The molecular weight excluding hydrogens is 611 g/mol. The van der Waals surface area contributed by atoms with Gasteiger partial charge in [-0.25, -0.2) is 0 Å². The van der Waals surface area contributed by atoms with Crippen molar-refractivity contribution in [2.75, 3.05) is 10.6 Å². The van der Waals surface area contributed by atoms with E-state index in [1.807, 2.05) is 31.2 Å². The highest BCUT2D eigenvalue weighted by molar-refractivity contribution is 8.00. The van der Waals surface area contributed by atoms with Crippen LogP contribution in [0.1, 0.15) is 34.0 Å². The molecule has 0 heterocycles. The topological polar surface area (TPSA) is 87.3 Å². The Morgan fingerprint density at radius 3 is 2.25 bits per heavy atom. The largest absolute Gasteiger partial charge is 0.416 e. The molecule has 0 aliphatic carbocycles. The lowest BCUT2D eigenvalue weighted by molar-refractivity contribution is -0.137. The molecule has 4 rings (SSSR count). The number of halogens is 4. The van der Waals surface area contributed by atoms with E-state index in [-0.39, 0.29) is 16.4 Å².